The normalized spacial score (nSPS) is 17.0. The first-order valence-corrected chi connectivity index (χ1v) is 10.1. The van der Waals surface area contributed by atoms with Crippen molar-refractivity contribution in [1.82, 2.24) is 10.0 Å². The number of hydrogen-bond acceptors (Lipinski definition) is 4. The number of carbonyl (C=O) groups is 2. The van der Waals surface area contributed by atoms with Crippen molar-refractivity contribution < 1.29 is 23.1 Å². The largest absolute Gasteiger partial charge is 0.481 e. The molecule has 1 amide bonds. The molecule has 2 rings (SSSR count). The quantitative estimate of drug-likeness (QED) is 0.699. The lowest BCUT2D eigenvalue weighted by atomic mass is 9.92. The predicted octanol–water partition coefficient (Wildman–Crippen LogP) is 2.28. The van der Waals surface area contributed by atoms with Crippen LogP contribution in [0.4, 0.5) is 0 Å². The van der Waals surface area contributed by atoms with Crippen molar-refractivity contribution in [3.05, 3.63) is 29.8 Å². The minimum atomic E-state index is -3.67. The number of carboxylic acid groups (broad SMARTS) is 1. The highest BCUT2D eigenvalue weighted by molar-refractivity contribution is 7.89. The van der Waals surface area contributed by atoms with E-state index >= 15 is 0 Å². The molecular weight excluding hydrogens is 356 g/mol. The molecule has 0 aliphatic heterocycles. The van der Waals surface area contributed by atoms with Crippen molar-refractivity contribution in [3.8, 4) is 0 Å². The van der Waals surface area contributed by atoms with E-state index in [1.807, 2.05) is 0 Å². The van der Waals surface area contributed by atoms with Crippen molar-refractivity contribution in [2.45, 2.75) is 68.8 Å². The molecule has 1 aliphatic rings. The molecule has 0 aromatic heterocycles. The van der Waals surface area contributed by atoms with Gasteiger partial charge in [0, 0.05) is 11.1 Å². The van der Waals surface area contributed by atoms with Crippen molar-refractivity contribution in [2.75, 3.05) is 0 Å². The SMILES string of the molecule is CC(C)(C)NS(=O)(=O)c1ccc(C(=O)NC2(CC(=O)O)CCCC2)cc1. The molecule has 0 heterocycles. The maximum absolute atomic E-state index is 12.5. The van der Waals surface area contributed by atoms with E-state index in [4.69, 9.17) is 5.11 Å². The van der Waals surface area contributed by atoms with Crippen molar-refractivity contribution in [1.29, 1.82) is 0 Å². The van der Waals surface area contributed by atoms with Crippen LogP contribution in [0.25, 0.3) is 0 Å². The van der Waals surface area contributed by atoms with E-state index in [9.17, 15) is 18.0 Å². The Bertz CT molecular complexity index is 773. The first-order valence-electron chi connectivity index (χ1n) is 8.61. The lowest BCUT2D eigenvalue weighted by molar-refractivity contribution is -0.138. The molecule has 26 heavy (non-hydrogen) atoms. The first-order chi connectivity index (χ1) is 11.9. The van der Waals surface area contributed by atoms with Gasteiger partial charge in [-0.15, -0.1) is 0 Å². The van der Waals surface area contributed by atoms with Crippen LogP contribution in [0.5, 0.6) is 0 Å². The first kappa shape index (κ1) is 20.4. The van der Waals surface area contributed by atoms with E-state index in [0.29, 0.717) is 18.4 Å². The van der Waals surface area contributed by atoms with Gasteiger partial charge in [-0.1, -0.05) is 12.8 Å². The smallest absolute Gasteiger partial charge is 0.305 e. The molecule has 1 fully saturated rings. The fourth-order valence-corrected chi connectivity index (χ4v) is 4.67. The van der Waals surface area contributed by atoms with Gasteiger partial charge in [-0.2, -0.15) is 0 Å². The summed E-state index contributed by atoms with van der Waals surface area (Å²) in [6.45, 7) is 5.24. The average molecular weight is 382 g/mol. The number of carboxylic acids is 1. The molecule has 1 aliphatic carbocycles. The van der Waals surface area contributed by atoms with E-state index in [0.717, 1.165) is 12.8 Å². The molecule has 1 aromatic carbocycles. The summed E-state index contributed by atoms with van der Waals surface area (Å²) in [5.41, 5.74) is -1.03. The number of rotatable bonds is 6. The Kier molecular flexibility index (Phi) is 5.77. The Morgan fingerprint density at radius 1 is 1.12 bits per heavy atom. The number of hydrogen-bond donors (Lipinski definition) is 3. The fourth-order valence-electron chi connectivity index (χ4n) is 3.25. The minimum Gasteiger partial charge on any atom is -0.481 e. The lowest BCUT2D eigenvalue weighted by Crippen LogP contribution is -2.47. The molecule has 3 N–H and O–H groups in total. The molecular formula is C18H26N2O5S. The van der Waals surface area contributed by atoms with Crippen molar-refractivity contribution in [3.63, 3.8) is 0 Å². The molecule has 7 nitrogen and oxygen atoms in total. The van der Waals surface area contributed by atoms with E-state index in [1.54, 1.807) is 20.8 Å². The maximum atomic E-state index is 12.5. The third kappa shape index (κ3) is 5.28. The molecule has 1 saturated carbocycles. The zero-order valence-electron chi connectivity index (χ0n) is 15.3. The van der Waals surface area contributed by atoms with Gasteiger partial charge < -0.3 is 10.4 Å². The van der Waals surface area contributed by atoms with Crippen LogP contribution in [0.15, 0.2) is 29.2 Å². The lowest BCUT2D eigenvalue weighted by Gasteiger charge is -2.28. The second-order valence-corrected chi connectivity index (χ2v) is 9.57. The summed E-state index contributed by atoms with van der Waals surface area (Å²) in [6.07, 6.45) is 2.91. The van der Waals surface area contributed by atoms with Crippen LogP contribution in [0.1, 0.15) is 63.2 Å². The predicted molar refractivity (Wildman–Crippen MR) is 97.4 cm³/mol. The van der Waals surface area contributed by atoms with Gasteiger partial charge in [0.15, 0.2) is 0 Å². The van der Waals surface area contributed by atoms with Crippen LogP contribution in [0, 0.1) is 0 Å². The summed E-state index contributed by atoms with van der Waals surface area (Å²) >= 11 is 0. The maximum Gasteiger partial charge on any atom is 0.305 e. The number of sulfonamides is 1. The second kappa shape index (κ2) is 7.36. The Hall–Kier alpha value is -1.93. The molecule has 144 valence electrons. The summed E-state index contributed by atoms with van der Waals surface area (Å²) in [6, 6.07) is 5.63. The zero-order valence-corrected chi connectivity index (χ0v) is 16.1. The van der Waals surface area contributed by atoms with Crippen LogP contribution in [-0.2, 0) is 14.8 Å². The van der Waals surface area contributed by atoms with Gasteiger partial charge in [-0.05, 0) is 57.9 Å². The van der Waals surface area contributed by atoms with Gasteiger partial charge in [-0.3, -0.25) is 9.59 Å². The molecule has 1 aromatic rings. The van der Waals surface area contributed by atoms with Gasteiger partial charge >= 0.3 is 5.97 Å². The van der Waals surface area contributed by atoms with E-state index < -0.39 is 27.1 Å². The minimum absolute atomic E-state index is 0.0742. The molecule has 0 saturated heterocycles. The molecule has 0 atom stereocenters. The number of carbonyl (C=O) groups excluding carboxylic acids is 1. The summed E-state index contributed by atoms with van der Waals surface area (Å²) < 4.78 is 27.2. The highest BCUT2D eigenvalue weighted by Gasteiger charge is 2.37. The Balaban J connectivity index is 2.15. The summed E-state index contributed by atoms with van der Waals surface area (Å²) in [5, 5.41) is 12.0. The molecule has 0 spiro atoms. The fraction of sp³-hybridized carbons (Fsp3) is 0.556. The summed E-state index contributed by atoms with van der Waals surface area (Å²) in [4.78, 5) is 23.7. The standard InChI is InChI=1S/C18H26N2O5S/c1-17(2,3)20-26(24,25)14-8-6-13(7-9-14)16(23)19-18(12-15(21)22)10-4-5-11-18/h6-9,20H,4-5,10-12H2,1-3H3,(H,19,23)(H,21,22). The van der Waals surface area contributed by atoms with E-state index in [-0.39, 0.29) is 17.2 Å². The average Bonchev–Trinajstić information content (AvgIpc) is 2.92. The number of nitrogens with one attached hydrogen (secondary N) is 2. The Morgan fingerprint density at radius 2 is 1.65 bits per heavy atom. The van der Waals surface area contributed by atoms with E-state index in [1.165, 1.54) is 24.3 Å². The summed E-state index contributed by atoms with van der Waals surface area (Å²) in [7, 11) is -3.67. The topological polar surface area (TPSA) is 113 Å². The van der Waals surface area contributed by atoms with Gasteiger partial charge in [0.1, 0.15) is 0 Å². The highest BCUT2D eigenvalue weighted by Crippen LogP contribution is 2.33. The third-order valence-electron chi connectivity index (χ3n) is 4.30. The van der Waals surface area contributed by atoms with E-state index in [2.05, 4.69) is 10.0 Å². The molecule has 8 heteroatoms. The van der Waals surface area contributed by atoms with Crippen LogP contribution in [0.2, 0.25) is 0 Å². The van der Waals surface area contributed by atoms with Crippen LogP contribution >= 0.6 is 0 Å². The highest BCUT2D eigenvalue weighted by atomic mass is 32.2. The zero-order chi connectivity index (χ0) is 19.6. The van der Waals surface area contributed by atoms with Crippen LogP contribution in [0.3, 0.4) is 0 Å². The van der Waals surface area contributed by atoms with Crippen LogP contribution in [-0.4, -0.2) is 36.5 Å². The van der Waals surface area contributed by atoms with Gasteiger partial charge in [0.2, 0.25) is 10.0 Å². The summed E-state index contributed by atoms with van der Waals surface area (Å²) in [5.74, 6) is -1.33. The molecule has 0 bridgehead atoms. The van der Waals surface area contributed by atoms with Crippen LogP contribution < -0.4 is 10.0 Å². The second-order valence-electron chi connectivity index (χ2n) is 7.89. The molecule has 0 unspecified atom stereocenters. The third-order valence-corrected chi connectivity index (χ3v) is 6.07. The van der Waals surface area contributed by atoms with Crippen molar-refractivity contribution >= 4 is 21.9 Å². The number of benzene rings is 1. The number of aliphatic carboxylic acids is 1. The van der Waals surface area contributed by atoms with Gasteiger partial charge in [-0.25, -0.2) is 13.1 Å². The monoisotopic (exact) mass is 382 g/mol. The van der Waals surface area contributed by atoms with Gasteiger partial charge in [0.25, 0.3) is 5.91 Å². The molecule has 0 radical (unpaired) electrons. The Labute approximate surface area is 154 Å². The Morgan fingerprint density at radius 3 is 2.12 bits per heavy atom. The van der Waals surface area contributed by atoms with Crippen molar-refractivity contribution in [2.24, 2.45) is 0 Å². The van der Waals surface area contributed by atoms with Gasteiger partial charge in [0.05, 0.1) is 16.9 Å². The number of amides is 1.